The lowest BCUT2D eigenvalue weighted by atomic mass is 9.83. The zero-order valence-electron chi connectivity index (χ0n) is 11.6. The molecule has 2 N–H and O–H groups in total. The van der Waals surface area contributed by atoms with Crippen molar-refractivity contribution in [2.45, 2.75) is 25.3 Å². The Kier molecular flexibility index (Phi) is 5.53. The van der Waals surface area contributed by atoms with Gasteiger partial charge in [-0.1, -0.05) is 29.8 Å². The van der Waals surface area contributed by atoms with E-state index in [-0.39, 0.29) is 6.61 Å². The van der Waals surface area contributed by atoms with Gasteiger partial charge in [0.15, 0.2) is 6.04 Å². The molecular formula is C14H18ClNO4. The molecule has 0 aromatic heterocycles. The summed E-state index contributed by atoms with van der Waals surface area (Å²) in [7, 11) is 1.38. The van der Waals surface area contributed by atoms with Crippen LogP contribution in [0, 0.1) is 0 Å². The van der Waals surface area contributed by atoms with Crippen molar-refractivity contribution in [3.8, 4) is 0 Å². The van der Waals surface area contributed by atoms with Gasteiger partial charge in [-0.2, -0.15) is 0 Å². The normalized spacial score (nSPS) is 12.8. The van der Waals surface area contributed by atoms with Crippen molar-refractivity contribution in [1.82, 2.24) is 5.32 Å². The number of amides is 1. The number of rotatable bonds is 6. The number of benzene rings is 1. The maximum absolute atomic E-state index is 12.3. The molecule has 0 fully saturated rings. The molecule has 0 heterocycles. The number of carboxylic acids is 1. The molecule has 0 bridgehead atoms. The van der Waals surface area contributed by atoms with Gasteiger partial charge in [0.2, 0.25) is 5.91 Å². The van der Waals surface area contributed by atoms with Gasteiger partial charge in [-0.15, -0.1) is 0 Å². The van der Waals surface area contributed by atoms with Crippen LogP contribution in [0.25, 0.3) is 0 Å². The van der Waals surface area contributed by atoms with Crippen LogP contribution < -0.4 is 5.32 Å². The Morgan fingerprint density at radius 3 is 2.50 bits per heavy atom. The summed E-state index contributed by atoms with van der Waals surface area (Å²) in [6.45, 7) is 3.28. The molecular weight excluding hydrogens is 282 g/mol. The number of nitrogens with one attached hydrogen (secondary N) is 1. The molecule has 1 unspecified atom stereocenters. The van der Waals surface area contributed by atoms with Crippen LogP contribution >= 0.6 is 11.6 Å². The fraction of sp³-hybridized carbons (Fsp3) is 0.429. The van der Waals surface area contributed by atoms with E-state index in [1.165, 1.54) is 7.11 Å². The monoisotopic (exact) mass is 299 g/mol. The highest BCUT2D eigenvalue weighted by Gasteiger charge is 2.34. The second kappa shape index (κ2) is 6.72. The number of carbonyl (C=O) groups excluding carboxylic acids is 1. The van der Waals surface area contributed by atoms with E-state index in [1.54, 1.807) is 38.1 Å². The molecule has 0 aliphatic heterocycles. The predicted molar refractivity (Wildman–Crippen MR) is 75.9 cm³/mol. The van der Waals surface area contributed by atoms with Crippen molar-refractivity contribution in [1.29, 1.82) is 0 Å². The summed E-state index contributed by atoms with van der Waals surface area (Å²) in [5, 5.41) is 11.9. The first-order chi connectivity index (χ1) is 9.30. The largest absolute Gasteiger partial charge is 0.480 e. The van der Waals surface area contributed by atoms with Crippen LogP contribution in [0.2, 0.25) is 5.02 Å². The summed E-state index contributed by atoms with van der Waals surface area (Å²) < 4.78 is 4.79. The van der Waals surface area contributed by atoms with Crippen LogP contribution in [0.4, 0.5) is 0 Å². The van der Waals surface area contributed by atoms with Crippen LogP contribution in [0.5, 0.6) is 0 Å². The summed E-state index contributed by atoms with van der Waals surface area (Å²) >= 11 is 6.09. The summed E-state index contributed by atoms with van der Waals surface area (Å²) in [5.74, 6) is -1.56. The molecule has 0 spiro atoms. The Hall–Kier alpha value is -1.59. The fourth-order valence-electron chi connectivity index (χ4n) is 1.77. The van der Waals surface area contributed by atoms with Crippen molar-refractivity contribution in [3.05, 3.63) is 34.9 Å². The third kappa shape index (κ3) is 3.71. The average molecular weight is 300 g/mol. The topological polar surface area (TPSA) is 75.6 Å². The molecule has 110 valence electrons. The Morgan fingerprint density at radius 2 is 2.00 bits per heavy atom. The fourth-order valence-corrected chi connectivity index (χ4v) is 2.14. The summed E-state index contributed by atoms with van der Waals surface area (Å²) in [6.07, 6.45) is 0. The second-order valence-corrected chi connectivity index (χ2v) is 5.33. The minimum atomic E-state index is -1.14. The van der Waals surface area contributed by atoms with Crippen LogP contribution in [0.1, 0.15) is 19.4 Å². The molecule has 0 saturated heterocycles. The molecule has 0 aliphatic carbocycles. The third-order valence-electron chi connectivity index (χ3n) is 3.05. The molecule has 6 heteroatoms. The Balaban J connectivity index is 2.95. The Bertz CT molecular complexity index is 502. The highest BCUT2D eigenvalue weighted by Crippen LogP contribution is 2.29. The van der Waals surface area contributed by atoms with Crippen LogP contribution in [0.3, 0.4) is 0 Å². The Morgan fingerprint density at radius 1 is 1.40 bits per heavy atom. The molecule has 1 rings (SSSR count). The highest BCUT2D eigenvalue weighted by atomic mass is 35.5. The van der Waals surface area contributed by atoms with E-state index >= 15 is 0 Å². The first kappa shape index (κ1) is 16.5. The first-order valence-corrected chi connectivity index (χ1v) is 6.46. The van der Waals surface area contributed by atoms with E-state index < -0.39 is 23.3 Å². The number of carboxylic acid groups (broad SMARTS) is 1. The average Bonchev–Trinajstić information content (AvgIpc) is 2.38. The maximum Gasteiger partial charge on any atom is 0.328 e. The van der Waals surface area contributed by atoms with Gasteiger partial charge in [0.25, 0.3) is 0 Å². The van der Waals surface area contributed by atoms with Gasteiger partial charge in [-0.3, -0.25) is 4.79 Å². The Labute approximate surface area is 122 Å². The molecule has 1 aromatic carbocycles. The lowest BCUT2D eigenvalue weighted by molar-refractivity contribution is -0.144. The van der Waals surface area contributed by atoms with Gasteiger partial charge >= 0.3 is 5.97 Å². The van der Waals surface area contributed by atoms with E-state index in [0.29, 0.717) is 10.6 Å². The van der Waals surface area contributed by atoms with Gasteiger partial charge in [-0.25, -0.2) is 4.79 Å². The van der Waals surface area contributed by atoms with Gasteiger partial charge in [0.1, 0.15) is 0 Å². The van der Waals surface area contributed by atoms with E-state index in [1.807, 2.05) is 0 Å². The number of methoxy groups -OCH3 is 1. The van der Waals surface area contributed by atoms with E-state index in [0.717, 1.165) is 0 Å². The SMILES string of the molecule is COCC(NC(=O)C(C)(C)c1ccccc1Cl)C(=O)O. The molecule has 1 aromatic rings. The zero-order chi connectivity index (χ0) is 15.3. The maximum atomic E-state index is 12.3. The first-order valence-electron chi connectivity index (χ1n) is 6.08. The summed E-state index contributed by atoms with van der Waals surface area (Å²) in [6, 6.07) is 5.89. The lowest BCUT2D eigenvalue weighted by Gasteiger charge is -2.27. The van der Waals surface area contributed by atoms with Crippen molar-refractivity contribution >= 4 is 23.5 Å². The molecule has 1 atom stereocenters. The molecule has 5 nitrogen and oxygen atoms in total. The van der Waals surface area contributed by atoms with Gasteiger partial charge in [-0.05, 0) is 25.5 Å². The third-order valence-corrected chi connectivity index (χ3v) is 3.38. The van der Waals surface area contributed by atoms with Gasteiger partial charge in [0, 0.05) is 12.1 Å². The molecule has 20 heavy (non-hydrogen) atoms. The molecule has 0 aliphatic rings. The second-order valence-electron chi connectivity index (χ2n) is 4.92. The van der Waals surface area contributed by atoms with Crippen LogP contribution in [-0.4, -0.2) is 36.7 Å². The van der Waals surface area contributed by atoms with Crippen molar-refractivity contribution in [3.63, 3.8) is 0 Å². The minimum absolute atomic E-state index is 0.0975. The zero-order valence-corrected chi connectivity index (χ0v) is 12.4. The van der Waals surface area contributed by atoms with Crippen molar-refractivity contribution in [2.75, 3.05) is 13.7 Å². The standard InChI is InChI=1S/C14H18ClNO4/c1-14(2,9-6-4-5-7-10(9)15)13(19)16-11(8-20-3)12(17)18/h4-7,11H,8H2,1-3H3,(H,16,19)(H,17,18). The highest BCUT2D eigenvalue weighted by molar-refractivity contribution is 6.31. The number of halogens is 1. The van der Waals surface area contributed by atoms with Crippen molar-refractivity contribution in [2.24, 2.45) is 0 Å². The number of hydrogen-bond donors (Lipinski definition) is 2. The van der Waals surface area contributed by atoms with Gasteiger partial charge in [0.05, 0.1) is 12.0 Å². The molecule has 0 radical (unpaired) electrons. The van der Waals surface area contributed by atoms with E-state index in [2.05, 4.69) is 5.32 Å². The summed E-state index contributed by atoms with van der Waals surface area (Å²) in [5.41, 5.74) is -0.305. The summed E-state index contributed by atoms with van der Waals surface area (Å²) in [4.78, 5) is 23.4. The van der Waals surface area contributed by atoms with E-state index in [4.69, 9.17) is 21.4 Å². The number of hydrogen-bond acceptors (Lipinski definition) is 3. The van der Waals surface area contributed by atoms with Gasteiger partial charge < -0.3 is 15.2 Å². The van der Waals surface area contributed by atoms with Crippen molar-refractivity contribution < 1.29 is 19.4 Å². The smallest absolute Gasteiger partial charge is 0.328 e. The minimum Gasteiger partial charge on any atom is -0.480 e. The number of ether oxygens (including phenoxy) is 1. The lowest BCUT2D eigenvalue weighted by Crippen LogP contribution is -2.50. The molecule has 0 saturated carbocycles. The predicted octanol–water partition coefficient (Wildman–Crippen LogP) is 1.83. The van der Waals surface area contributed by atoms with Crippen LogP contribution in [-0.2, 0) is 19.7 Å². The number of aliphatic carboxylic acids is 1. The molecule has 1 amide bonds. The van der Waals surface area contributed by atoms with Crippen LogP contribution in [0.15, 0.2) is 24.3 Å². The van der Waals surface area contributed by atoms with E-state index in [9.17, 15) is 9.59 Å². The quantitative estimate of drug-likeness (QED) is 0.840. The number of carbonyl (C=O) groups is 2.